The number of amides is 1. The van der Waals surface area contributed by atoms with E-state index >= 15 is 0 Å². The monoisotopic (exact) mass is 486 g/mol. The Morgan fingerprint density at radius 3 is 2.33 bits per heavy atom. The number of fused-ring (bicyclic) bond motifs is 1. The van der Waals surface area contributed by atoms with Crippen LogP contribution in [0.2, 0.25) is 0 Å². The fourth-order valence-electron chi connectivity index (χ4n) is 3.97. The van der Waals surface area contributed by atoms with Gasteiger partial charge in [0.1, 0.15) is 16.8 Å². The Balaban J connectivity index is 1.57. The Kier molecular flexibility index (Phi) is 6.73. The quantitative estimate of drug-likeness (QED) is 0.376. The molecule has 0 atom stereocenters. The van der Waals surface area contributed by atoms with E-state index in [-0.39, 0.29) is 11.0 Å². The molecule has 1 aromatic carbocycles. The van der Waals surface area contributed by atoms with Crippen LogP contribution in [0.1, 0.15) is 34.2 Å². The molecule has 0 saturated heterocycles. The molecule has 3 aromatic heterocycles. The first-order valence-electron chi connectivity index (χ1n) is 11.1. The summed E-state index contributed by atoms with van der Waals surface area (Å²) in [6, 6.07) is 10.2. The summed E-state index contributed by atoms with van der Waals surface area (Å²) in [5, 5.41) is 2.78. The van der Waals surface area contributed by atoms with Crippen LogP contribution < -0.4 is 25.0 Å². The number of anilines is 1. The average Bonchev–Trinajstić information content (AvgIpc) is 2.84. The highest BCUT2D eigenvalue weighted by Crippen LogP contribution is 2.34. The number of carbonyl (C=O) groups is 1. The molecule has 0 fully saturated rings. The summed E-state index contributed by atoms with van der Waals surface area (Å²) in [5.41, 5.74) is 3.49. The topological polar surface area (TPSA) is 115 Å². The van der Waals surface area contributed by atoms with Gasteiger partial charge >= 0.3 is 0 Å². The van der Waals surface area contributed by atoms with Crippen LogP contribution in [0.25, 0.3) is 16.6 Å². The molecular formula is C27H26N4O5. The third kappa shape index (κ3) is 4.63. The molecule has 0 spiro atoms. The second-order valence-corrected chi connectivity index (χ2v) is 8.19. The van der Waals surface area contributed by atoms with Crippen LogP contribution in [-0.2, 0) is 0 Å². The summed E-state index contributed by atoms with van der Waals surface area (Å²) in [6.07, 6.45) is 1.61. The van der Waals surface area contributed by atoms with E-state index in [1.165, 1.54) is 14.2 Å². The van der Waals surface area contributed by atoms with Gasteiger partial charge in [-0.05, 0) is 50.6 Å². The number of aromatic nitrogens is 3. The van der Waals surface area contributed by atoms with E-state index in [0.717, 1.165) is 0 Å². The van der Waals surface area contributed by atoms with Gasteiger partial charge in [0, 0.05) is 41.0 Å². The molecule has 0 aliphatic rings. The molecule has 3 heterocycles. The van der Waals surface area contributed by atoms with E-state index in [1.807, 2.05) is 0 Å². The lowest BCUT2D eigenvalue weighted by Crippen LogP contribution is -2.27. The normalized spacial score (nSPS) is 10.7. The molecule has 0 bridgehead atoms. The fourth-order valence-corrected chi connectivity index (χ4v) is 3.97. The van der Waals surface area contributed by atoms with Gasteiger partial charge < -0.3 is 24.5 Å². The van der Waals surface area contributed by atoms with Gasteiger partial charge in [-0.1, -0.05) is 6.58 Å². The van der Waals surface area contributed by atoms with Crippen LogP contribution in [0.5, 0.6) is 23.1 Å². The summed E-state index contributed by atoms with van der Waals surface area (Å²) >= 11 is 0. The number of pyridine rings is 3. The van der Waals surface area contributed by atoms with Crippen molar-refractivity contribution in [3.05, 3.63) is 81.9 Å². The number of methoxy groups -OCH3 is 2. The van der Waals surface area contributed by atoms with Crippen molar-refractivity contribution in [2.45, 2.75) is 20.8 Å². The lowest BCUT2D eigenvalue weighted by Gasteiger charge is -2.13. The molecule has 0 aliphatic carbocycles. The van der Waals surface area contributed by atoms with Crippen molar-refractivity contribution in [3.8, 4) is 23.1 Å². The molecule has 36 heavy (non-hydrogen) atoms. The highest BCUT2D eigenvalue weighted by molar-refractivity contribution is 6.05. The van der Waals surface area contributed by atoms with E-state index in [9.17, 15) is 9.59 Å². The molecule has 184 valence electrons. The van der Waals surface area contributed by atoms with Gasteiger partial charge in [-0.2, -0.15) is 0 Å². The van der Waals surface area contributed by atoms with Gasteiger partial charge in [-0.25, -0.2) is 4.98 Å². The molecular weight excluding hydrogens is 460 g/mol. The van der Waals surface area contributed by atoms with Crippen LogP contribution in [-0.4, -0.2) is 35.1 Å². The van der Waals surface area contributed by atoms with Crippen molar-refractivity contribution in [2.75, 3.05) is 19.5 Å². The van der Waals surface area contributed by atoms with E-state index in [2.05, 4.69) is 26.8 Å². The highest BCUT2D eigenvalue weighted by Gasteiger charge is 2.19. The summed E-state index contributed by atoms with van der Waals surface area (Å²) in [5.74, 6) is 1.28. The van der Waals surface area contributed by atoms with Gasteiger partial charge in [0.15, 0.2) is 11.5 Å². The van der Waals surface area contributed by atoms with Crippen molar-refractivity contribution >= 4 is 28.2 Å². The van der Waals surface area contributed by atoms with Crippen molar-refractivity contribution in [3.63, 3.8) is 0 Å². The number of allylic oxidation sites excluding steroid dienone is 1. The minimum absolute atomic E-state index is 0.0534. The number of carbonyl (C=O) groups excluding carboxylic acids is 1. The van der Waals surface area contributed by atoms with Crippen LogP contribution in [0, 0.1) is 13.8 Å². The number of benzene rings is 1. The number of aromatic amines is 1. The number of ether oxygens (including phenoxy) is 3. The molecule has 1 amide bonds. The smallest absolute Gasteiger partial charge is 0.261 e. The first kappa shape index (κ1) is 24.5. The molecule has 0 aliphatic heterocycles. The summed E-state index contributed by atoms with van der Waals surface area (Å²) in [6.45, 7) is 9.07. The number of rotatable bonds is 7. The Morgan fingerprint density at radius 2 is 1.69 bits per heavy atom. The fraction of sp³-hybridized carbons (Fsp3) is 0.185. The molecule has 9 nitrogen and oxygen atoms in total. The van der Waals surface area contributed by atoms with Crippen LogP contribution >= 0.6 is 0 Å². The van der Waals surface area contributed by atoms with Crippen LogP contribution in [0.4, 0.5) is 5.69 Å². The average molecular weight is 487 g/mol. The largest absolute Gasteiger partial charge is 0.491 e. The lowest BCUT2D eigenvalue weighted by atomic mass is 10.0. The van der Waals surface area contributed by atoms with Crippen molar-refractivity contribution in [1.82, 2.24) is 15.0 Å². The molecule has 0 saturated carbocycles. The zero-order valence-corrected chi connectivity index (χ0v) is 20.7. The summed E-state index contributed by atoms with van der Waals surface area (Å²) < 4.78 is 16.6. The number of hydrogen-bond acceptors (Lipinski definition) is 7. The first-order chi connectivity index (χ1) is 17.2. The van der Waals surface area contributed by atoms with E-state index in [4.69, 9.17) is 14.2 Å². The lowest BCUT2D eigenvalue weighted by molar-refractivity contribution is 0.102. The first-order valence-corrected chi connectivity index (χ1v) is 11.1. The number of hydrogen-bond donors (Lipinski definition) is 2. The standard InChI is InChI=1S/C27H26N4O5/c1-14(2)22-15(3)29-16(4)23(25(22)32)26(33)30-17-7-9-18(10-8-17)36-20-11-12-28-19-13-21(34-5)27(35-6)31-24(19)20/h7-13H,1H2,2-6H3,(H,29,32)(H,30,33). The minimum atomic E-state index is -0.504. The molecule has 4 aromatic rings. The van der Waals surface area contributed by atoms with Crippen molar-refractivity contribution in [2.24, 2.45) is 0 Å². The van der Waals surface area contributed by atoms with Gasteiger partial charge in [-0.15, -0.1) is 0 Å². The molecule has 9 heteroatoms. The Morgan fingerprint density at radius 1 is 1.00 bits per heavy atom. The maximum absolute atomic E-state index is 12.9. The predicted molar refractivity (Wildman–Crippen MR) is 138 cm³/mol. The number of nitrogens with one attached hydrogen (secondary N) is 2. The second-order valence-electron chi connectivity index (χ2n) is 8.19. The van der Waals surface area contributed by atoms with E-state index in [0.29, 0.717) is 62.4 Å². The maximum atomic E-state index is 12.9. The zero-order valence-electron chi connectivity index (χ0n) is 20.7. The van der Waals surface area contributed by atoms with Gasteiger partial charge in [0.25, 0.3) is 11.8 Å². The van der Waals surface area contributed by atoms with Crippen LogP contribution in [0.3, 0.4) is 0 Å². The SMILES string of the molecule is C=C(C)c1c(C)[nH]c(C)c(C(=O)Nc2ccc(Oc3ccnc4cc(OC)c(OC)nc34)cc2)c1=O. The van der Waals surface area contributed by atoms with E-state index < -0.39 is 5.91 Å². The maximum Gasteiger partial charge on any atom is 0.261 e. The highest BCUT2D eigenvalue weighted by atomic mass is 16.5. The molecule has 0 unspecified atom stereocenters. The number of nitrogens with zero attached hydrogens (tertiary/aromatic N) is 2. The number of aryl methyl sites for hydroxylation is 2. The molecule has 0 radical (unpaired) electrons. The minimum Gasteiger partial charge on any atom is -0.491 e. The van der Waals surface area contributed by atoms with Gasteiger partial charge in [-0.3, -0.25) is 14.6 Å². The van der Waals surface area contributed by atoms with Crippen molar-refractivity contribution in [1.29, 1.82) is 0 Å². The Bertz CT molecular complexity index is 1540. The summed E-state index contributed by atoms with van der Waals surface area (Å²) in [7, 11) is 3.04. The van der Waals surface area contributed by atoms with Gasteiger partial charge in [0.2, 0.25) is 5.43 Å². The molecule has 4 rings (SSSR count). The zero-order chi connectivity index (χ0) is 26.0. The second kappa shape index (κ2) is 9.91. The third-order valence-corrected chi connectivity index (χ3v) is 5.59. The van der Waals surface area contributed by atoms with Crippen LogP contribution in [0.15, 0.2) is 54.0 Å². The number of H-pyrrole nitrogens is 1. The molecule has 2 N–H and O–H groups in total. The van der Waals surface area contributed by atoms with Crippen molar-refractivity contribution < 1.29 is 19.0 Å². The van der Waals surface area contributed by atoms with Gasteiger partial charge in [0.05, 0.1) is 19.7 Å². The predicted octanol–water partition coefficient (Wildman–Crippen LogP) is 5.03. The third-order valence-electron chi connectivity index (χ3n) is 5.59. The Hall–Kier alpha value is -4.66. The Labute approximate surface area is 207 Å². The van der Waals surface area contributed by atoms with E-state index in [1.54, 1.807) is 63.4 Å². The summed E-state index contributed by atoms with van der Waals surface area (Å²) in [4.78, 5) is 37.8.